The molecular weight excluding hydrogens is 476 g/mol. The first-order valence-electron chi connectivity index (χ1n) is 12.9. The van der Waals surface area contributed by atoms with E-state index in [1.807, 2.05) is 20.8 Å². The summed E-state index contributed by atoms with van der Waals surface area (Å²) in [5.41, 5.74) is -1.79. The maximum absolute atomic E-state index is 14.5. The van der Waals surface area contributed by atoms with Gasteiger partial charge in [0.15, 0.2) is 0 Å². The van der Waals surface area contributed by atoms with Gasteiger partial charge in [-0.15, -0.1) is 6.58 Å². The van der Waals surface area contributed by atoms with Crippen LogP contribution in [0.5, 0.6) is 5.75 Å². The Kier molecular flexibility index (Phi) is 7.16. The molecule has 0 saturated carbocycles. The molecule has 0 aliphatic carbocycles. The first-order chi connectivity index (χ1) is 17.5. The van der Waals surface area contributed by atoms with E-state index >= 15 is 0 Å². The fourth-order valence-electron chi connectivity index (χ4n) is 6.91. The molecule has 0 aromatic heterocycles. The van der Waals surface area contributed by atoms with E-state index in [0.717, 1.165) is 0 Å². The monoisotopic (exact) mass is 514 g/mol. The lowest BCUT2D eigenvalue weighted by molar-refractivity contribution is -0.157. The summed E-state index contributed by atoms with van der Waals surface area (Å²) in [6.45, 7) is 11.3. The lowest BCUT2D eigenvalue weighted by Crippen LogP contribution is -2.59. The fraction of sp³-hybridized carbons (Fsp3) is 0.607. The van der Waals surface area contributed by atoms with E-state index in [0.29, 0.717) is 24.3 Å². The summed E-state index contributed by atoms with van der Waals surface area (Å²) < 4.78 is 11.8. The lowest BCUT2D eigenvalue weighted by atomic mass is 9.62. The molecule has 3 aliphatic heterocycles. The molecule has 1 aromatic rings. The molecule has 7 atom stereocenters. The number of carbonyl (C=O) groups excluding carboxylic acids is 2. The van der Waals surface area contributed by atoms with Crippen molar-refractivity contribution in [3.8, 4) is 5.75 Å². The predicted molar refractivity (Wildman–Crippen MR) is 137 cm³/mol. The number of ether oxygens (including phenoxy) is 2. The molecule has 202 valence electrons. The molecule has 1 aromatic carbocycles. The van der Waals surface area contributed by atoms with Gasteiger partial charge in [0.2, 0.25) is 5.91 Å². The number of aliphatic hydroxyl groups excluding tert-OH is 1. The van der Waals surface area contributed by atoms with Crippen LogP contribution in [0.15, 0.2) is 36.9 Å². The summed E-state index contributed by atoms with van der Waals surface area (Å²) in [6, 6.07) is 5.26. The van der Waals surface area contributed by atoms with E-state index in [1.54, 1.807) is 44.4 Å². The molecule has 2 bridgehead atoms. The quantitative estimate of drug-likeness (QED) is 0.461. The van der Waals surface area contributed by atoms with Crippen molar-refractivity contribution in [2.45, 2.75) is 63.8 Å². The maximum atomic E-state index is 14.5. The number of rotatable bonds is 10. The first kappa shape index (κ1) is 27.1. The van der Waals surface area contributed by atoms with Crippen molar-refractivity contribution in [1.29, 1.82) is 0 Å². The van der Waals surface area contributed by atoms with Gasteiger partial charge in [0.05, 0.1) is 31.3 Å². The largest absolute Gasteiger partial charge is 0.497 e. The van der Waals surface area contributed by atoms with Gasteiger partial charge in [-0.3, -0.25) is 14.4 Å². The number of hydrogen-bond donors (Lipinski definition) is 2. The highest BCUT2D eigenvalue weighted by molar-refractivity contribution is 6.05. The summed E-state index contributed by atoms with van der Waals surface area (Å²) in [4.78, 5) is 44.1. The molecule has 9 heteroatoms. The molecule has 1 spiro atoms. The zero-order valence-electron chi connectivity index (χ0n) is 22.2. The van der Waals surface area contributed by atoms with E-state index in [4.69, 9.17) is 9.47 Å². The van der Waals surface area contributed by atoms with E-state index in [9.17, 15) is 24.6 Å². The normalized spacial score (nSPS) is 32.9. The predicted octanol–water partition coefficient (Wildman–Crippen LogP) is 2.72. The van der Waals surface area contributed by atoms with Crippen LogP contribution in [0.3, 0.4) is 0 Å². The molecule has 4 rings (SSSR count). The SMILES string of the molecule is C=CCN(C(=O)C1N([C@@H](CO)CC(C)C)C(=O)[C@@H]2[C@H](C(=O)O)[C@@]3(C)OC12CC3C)c1ccc(OC)cc1. The van der Waals surface area contributed by atoms with Crippen LogP contribution in [-0.4, -0.2) is 76.4 Å². The third kappa shape index (κ3) is 4.03. The zero-order chi connectivity index (χ0) is 27.3. The van der Waals surface area contributed by atoms with Crippen LogP contribution in [0, 0.1) is 23.7 Å². The number of carboxylic acid groups (broad SMARTS) is 1. The summed E-state index contributed by atoms with van der Waals surface area (Å²) in [5.74, 6) is -3.44. The minimum absolute atomic E-state index is 0.133. The zero-order valence-corrected chi connectivity index (χ0v) is 22.2. The summed E-state index contributed by atoms with van der Waals surface area (Å²) in [6.07, 6.45) is 2.44. The average molecular weight is 515 g/mol. The number of carboxylic acids is 1. The molecule has 37 heavy (non-hydrogen) atoms. The van der Waals surface area contributed by atoms with Gasteiger partial charge in [-0.05, 0) is 55.9 Å². The van der Waals surface area contributed by atoms with Crippen molar-refractivity contribution in [2.24, 2.45) is 23.7 Å². The maximum Gasteiger partial charge on any atom is 0.310 e. The third-order valence-electron chi connectivity index (χ3n) is 8.56. The Labute approximate surface area is 218 Å². The number of likely N-dealkylation sites (tertiary alicyclic amines) is 1. The smallest absolute Gasteiger partial charge is 0.310 e. The van der Waals surface area contributed by atoms with Crippen LogP contribution in [0.1, 0.15) is 40.5 Å². The number of anilines is 1. The Bertz CT molecular complexity index is 1070. The van der Waals surface area contributed by atoms with Gasteiger partial charge in [0.25, 0.3) is 5.91 Å². The average Bonchev–Trinajstić information content (AvgIpc) is 3.37. The second kappa shape index (κ2) is 9.76. The number of amides is 2. The molecule has 9 nitrogen and oxygen atoms in total. The number of methoxy groups -OCH3 is 1. The molecule has 3 unspecified atom stereocenters. The highest BCUT2D eigenvalue weighted by Gasteiger charge is 2.80. The summed E-state index contributed by atoms with van der Waals surface area (Å²) >= 11 is 0. The van der Waals surface area contributed by atoms with Gasteiger partial charge >= 0.3 is 5.97 Å². The van der Waals surface area contributed by atoms with E-state index in [-0.39, 0.29) is 30.9 Å². The standard InChI is InChI=1S/C28H38N2O7/c1-7-12-29(18-8-10-20(36-6)11-9-18)25(33)23-28-14-17(4)27(5,37-28)22(26(34)35)21(28)24(32)30(23)19(15-31)13-16(2)3/h7-11,16-17,19,21-23,31H,1,12-15H2,2-6H3,(H,34,35)/t17?,19-,21+,22-,23?,27+,28?/m1/s1. The van der Waals surface area contributed by atoms with Crippen LogP contribution in [0.25, 0.3) is 0 Å². The number of fused-ring (bicyclic) bond motifs is 1. The fourth-order valence-corrected chi connectivity index (χ4v) is 6.91. The minimum Gasteiger partial charge on any atom is -0.497 e. The van der Waals surface area contributed by atoms with E-state index in [1.165, 1.54) is 9.80 Å². The van der Waals surface area contributed by atoms with E-state index < -0.39 is 47.0 Å². The second-order valence-corrected chi connectivity index (χ2v) is 11.2. The van der Waals surface area contributed by atoms with Crippen LogP contribution in [0.2, 0.25) is 0 Å². The Balaban J connectivity index is 1.87. The van der Waals surface area contributed by atoms with Crippen molar-refractivity contribution in [3.63, 3.8) is 0 Å². The molecular formula is C28H38N2O7. The van der Waals surface area contributed by atoms with Gasteiger partial charge in [0.1, 0.15) is 23.3 Å². The van der Waals surface area contributed by atoms with Crippen LogP contribution in [0.4, 0.5) is 5.69 Å². The number of hydrogen-bond acceptors (Lipinski definition) is 6. The van der Waals surface area contributed by atoms with Crippen molar-refractivity contribution >= 4 is 23.5 Å². The Morgan fingerprint density at radius 3 is 2.49 bits per heavy atom. The summed E-state index contributed by atoms with van der Waals surface area (Å²) in [5, 5.41) is 20.6. The Hall–Kier alpha value is -2.91. The van der Waals surface area contributed by atoms with Crippen molar-refractivity contribution in [3.05, 3.63) is 36.9 Å². The number of benzene rings is 1. The Morgan fingerprint density at radius 1 is 1.32 bits per heavy atom. The first-order valence-corrected chi connectivity index (χ1v) is 12.9. The molecule has 3 saturated heterocycles. The topological polar surface area (TPSA) is 117 Å². The highest BCUT2D eigenvalue weighted by Crippen LogP contribution is 2.65. The van der Waals surface area contributed by atoms with Crippen LogP contribution >= 0.6 is 0 Å². The molecule has 3 heterocycles. The molecule has 3 fully saturated rings. The lowest BCUT2D eigenvalue weighted by Gasteiger charge is -2.40. The number of nitrogens with zero attached hydrogens (tertiary/aromatic N) is 2. The molecule has 2 N–H and O–H groups in total. The van der Waals surface area contributed by atoms with Crippen molar-refractivity contribution in [1.82, 2.24) is 4.90 Å². The van der Waals surface area contributed by atoms with Gasteiger partial charge in [-0.2, -0.15) is 0 Å². The Morgan fingerprint density at radius 2 is 1.97 bits per heavy atom. The van der Waals surface area contributed by atoms with Crippen molar-refractivity contribution < 1.29 is 34.1 Å². The van der Waals surface area contributed by atoms with Gasteiger partial charge in [-0.1, -0.05) is 26.8 Å². The minimum atomic E-state index is -1.30. The van der Waals surface area contributed by atoms with Gasteiger partial charge < -0.3 is 29.5 Å². The van der Waals surface area contributed by atoms with Gasteiger partial charge in [-0.25, -0.2) is 0 Å². The molecule has 2 amide bonds. The number of carbonyl (C=O) groups is 3. The molecule has 3 aliphatic rings. The van der Waals surface area contributed by atoms with Gasteiger partial charge in [0, 0.05) is 12.2 Å². The third-order valence-corrected chi connectivity index (χ3v) is 8.56. The number of aliphatic hydroxyl groups is 1. The molecule has 0 radical (unpaired) electrons. The van der Waals surface area contributed by atoms with Crippen molar-refractivity contribution in [2.75, 3.05) is 25.2 Å². The number of aliphatic carboxylic acids is 1. The summed E-state index contributed by atoms with van der Waals surface area (Å²) in [7, 11) is 1.56. The second-order valence-electron chi connectivity index (χ2n) is 11.2. The van der Waals surface area contributed by atoms with Crippen LogP contribution < -0.4 is 9.64 Å². The van der Waals surface area contributed by atoms with E-state index in [2.05, 4.69) is 6.58 Å². The van der Waals surface area contributed by atoms with Crippen LogP contribution in [-0.2, 0) is 19.1 Å². The highest BCUT2D eigenvalue weighted by atomic mass is 16.5.